The van der Waals surface area contributed by atoms with Gasteiger partial charge in [0.1, 0.15) is 0 Å². The molecule has 1 N–H and O–H groups in total. The van der Waals surface area contributed by atoms with Crippen molar-refractivity contribution < 1.29 is 4.79 Å². The predicted octanol–water partition coefficient (Wildman–Crippen LogP) is 2.71. The third-order valence-electron chi connectivity index (χ3n) is 5.55. The molecule has 0 aromatic carbocycles. The number of likely N-dealkylation sites (tertiary alicyclic amines) is 1. The Morgan fingerprint density at radius 2 is 2.00 bits per heavy atom. The number of carbonyl (C=O) groups excluding carboxylic acids is 1. The lowest BCUT2D eigenvalue weighted by Gasteiger charge is -2.33. The Morgan fingerprint density at radius 1 is 1.19 bits per heavy atom. The van der Waals surface area contributed by atoms with Gasteiger partial charge in [-0.3, -0.25) is 9.69 Å². The van der Waals surface area contributed by atoms with Crippen molar-refractivity contribution in [3.8, 4) is 0 Å². The van der Waals surface area contributed by atoms with Gasteiger partial charge in [-0.05, 0) is 56.3 Å². The van der Waals surface area contributed by atoms with Crippen LogP contribution in [0.4, 0.5) is 5.95 Å². The molecular weight excluding hydrogens is 358 g/mol. The lowest BCUT2D eigenvalue weighted by Crippen LogP contribution is -2.45. The number of piperidine rings is 1. The second-order valence-electron chi connectivity index (χ2n) is 7.35. The van der Waals surface area contributed by atoms with Crippen LogP contribution < -0.4 is 10.2 Å². The molecule has 2 aliphatic rings. The standard InChI is InChI=1S/C20H27N5OS/c26-19(16-6-3-12-25(15-16)20-21-8-5-9-22-20)23-14-17(18-7-4-13-27-18)24-10-1-2-11-24/h4-5,7-9,13,16-17H,1-3,6,10-12,14-15H2,(H,23,26). The molecule has 1 amide bonds. The third kappa shape index (κ3) is 4.47. The molecule has 27 heavy (non-hydrogen) atoms. The van der Waals surface area contributed by atoms with Gasteiger partial charge in [0.2, 0.25) is 11.9 Å². The van der Waals surface area contributed by atoms with Gasteiger partial charge in [-0.25, -0.2) is 9.97 Å². The van der Waals surface area contributed by atoms with E-state index in [0.717, 1.165) is 38.4 Å². The number of aromatic nitrogens is 2. The van der Waals surface area contributed by atoms with Crippen LogP contribution in [0.3, 0.4) is 0 Å². The molecule has 2 aliphatic heterocycles. The van der Waals surface area contributed by atoms with Gasteiger partial charge in [-0.1, -0.05) is 6.07 Å². The van der Waals surface area contributed by atoms with Crippen molar-refractivity contribution in [1.29, 1.82) is 0 Å². The summed E-state index contributed by atoms with van der Waals surface area (Å²) < 4.78 is 0. The monoisotopic (exact) mass is 385 g/mol. The smallest absolute Gasteiger partial charge is 0.225 e. The maximum Gasteiger partial charge on any atom is 0.225 e. The average Bonchev–Trinajstić information content (AvgIpc) is 3.44. The Morgan fingerprint density at radius 3 is 2.74 bits per heavy atom. The fourth-order valence-corrected chi connectivity index (χ4v) is 4.97. The maximum atomic E-state index is 12.9. The van der Waals surface area contributed by atoms with Crippen molar-refractivity contribution in [3.05, 3.63) is 40.8 Å². The molecule has 0 spiro atoms. The van der Waals surface area contributed by atoms with E-state index in [1.807, 2.05) is 6.07 Å². The van der Waals surface area contributed by atoms with Crippen LogP contribution >= 0.6 is 11.3 Å². The van der Waals surface area contributed by atoms with Crippen molar-refractivity contribution in [2.45, 2.75) is 31.7 Å². The molecule has 2 atom stereocenters. The number of hydrogen-bond acceptors (Lipinski definition) is 6. The highest BCUT2D eigenvalue weighted by Gasteiger charge is 2.29. The Bertz CT molecular complexity index is 717. The molecular formula is C20H27N5OS. The quantitative estimate of drug-likeness (QED) is 0.828. The molecule has 2 fully saturated rings. The van der Waals surface area contributed by atoms with Gasteiger partial charge in [-0.15, -0.1) is 11.3 Å². The zero-order chi connectivity index (χ0) is 18.5. The van der Waals surface area contributed by atoms with E-state index >= 15 is 0 Å². The van der Waals surface area contributed by atoms with Crippen molar-refractivity contribution in [2.75, 3.05) is 37.6 Å². The van der Waals surface area contributed by atoms with Crippen LogP contribution in [0.1, 0.15) is 36.6 Å². The first-order valence-corrected chi connectivity index (χ1v) is 10.8. The van der Waals surface area contributed by atoms with Crippen molar-refractivity contribution in [3.63, 3.8) is 0 Å². The van der Waals surface area contributed by atoms with E-state index in [9.17, 15) is 4.79 Å². The molecule has 6 nitrogen and oxygen atoms in total. The third-order valence-corrected chi connectivity index (χ3v) is 6.52. The highest BCUT2D eigenvalue weighted by molar-refractivity contribution is 7.10. The lowest BCUT2D eigenvalue weighted by molar-refractivity contribution is -0.125. The first-order chi connectivity index (χ1) is 13.3. The van der Waals surface area contributed by atoms with Crippen LogP contribution in [0, 0.1) is 5.92 Å². The summed E-state index contributed by atoms with van der Waals surface area (Å²) in [7, 11) is 0. The Labute approximate surface area is 164 Å². The van der Waals surface area contributed by atoms with Gasteiger partial charge in [0, 0.05) is 36.9 Å². The highest BCUT2D eigenvalue weighted by atomic mass is 32.1. The summed E-state index contributed by atoms with van der Waals surface area (Å²) in [5.74, 6) is 0.894. The minimum absolute atomic E-state index is 0.00474. The van der Waals surface area contributed by atoms with Crippen molar-refractivity contribution >= 4 is 23.2 Å². The summed E-state index contributed by atoms with van der Waals surface area (Å²) in [6.07, 6.45) is 7.95. The Balaban J connectivity index is 1.36. The summed E-state index contributed by atoms with van der Waals surface area (Å²) in [6.45, 7) is 4.56. The van der Waals surface area contributed by atoms with Crippen molar-refractivity contribution in [1.82, 2.24) is 20.2 Å². The molecule has 4 heterocycles. The Hall–Kier alpha value is -1.99. The SMILES string of the molecule is O=C(NCC(c1cccs1)N1CCCC1)C1CCCN(c2ncccn2)C1. The van der Waals surface area contributed by atoms with Gasteiger partial charge in [0.25, 0.3) is 0 Å². The number of rotatable bonds is 6. The number of hydrogen-bond donors (Lipinski definition) is 1. The van der Waals surface area contributed by atoms with E-state index in [2.05, 4.69) is 42.6 Å². The number of amides is 1. The molecule has 2 saturated heterocycles. The number of nitrogens with one attached hydrogen (secondary N) is 1. The normalized spacial score (nSPS) is 21.9. The molecule has 0 saturated carbocycles. The maximum absolute atomic E-state index is 12.9. The van der Waals surface area contributed by atoms with Gasteiger partial charge >= 0.3 is 0 Å². The van der Waals surface area contributed by atoms with Crippen LogP contribution in [-0.2, 0) is 4.79 Å². The summed E-state index contributed by atoms with van der Waals surface area (Å²) in [6, 6.07) is 6.41. The fraction of sp³-hybridized carbons (Fsp3) is 0.550. The molecule has 144 valence electrons. The minimum atomic E-state index is 0.00474. The van der Waals surface area contributed by atoms with E-state index in [0.29, 0.717) is 19.1 Å². The fourth-order valence-electron chi connectivity index (χ4n) is 4.11. The zero-order valence-electron chi connectivity index (χ0n) is 15.6. The predicted molar refractivity (Wildman–Crippen MR) is 108 cm³/mol. The van der Waals surface area contributed by atoms with E-state index in [-0.39, 0.29) is 11.8 Å². The molecule has 0 aliphatic carbocycles. The topological polar surface area (TPSA) is 61.4 Å². The summed E-state index contributed by atoms with van der Waals surface area (Å²) in [4.78, 5) is 27.5. The zero-order valence-corrected chi connectivity index (χ0v) is 16.4. The van der Waals surface area contributed by atoms with Gasteiger partial charge in [0.15, 0.2) is 0 Å². The van der Waals surface area contributed by atoms with E-state index in [1.165, 1.54) is 17.7 Å². The summed E-state index contributed by atoms with van der Waals surface area (Å²) in [5.41, 5.74) is 0. The van der Waals surface area contributed by atoms with Crippen molar-refractivity contribution in [2.24, 2.45) is 5.92 Å². The molecule has 0 radical (unpaired) electrons. The number of anilines is 1. The minimum Gasteiger partial charge on any atom is -0.354 e. The second kappa shape index (κ2) is 8.80. The summed E-state index contributed by atoms with van der Waals surface area (Å²) in [5, 5.41) is 5.37. The lowest BCUT2D eigenvalue weighted by atomic mass is 9.97. The van der Waals surface area contributed by atoms with E-state index in [4.69, 9.17) is 0 Å². The average molecular weight is 386 g/mol. The first kappa shape index (κ1) is 18.4. The summed E-state index contributed by atoms with van der Waals surface area (Å²) >= 11 is 1.79. The number of carbonyl (C=O) groups is 1. The van der Waals surface area contributed by atoms with Gasteiger partial charge < -0.3 is 10.2 Å². The van der Waals surface area contributed by atoms with Crippen LogP contribution in [0.15, 0.2) is 36.0 Å². The van der Waals surface area contributed by atoms with Crippen LogP contribution in [0.25, 0.3) is 0 Å². The van der Waals surface area contributed by atoms with Gasteiger partial charge in [0.05, 0.1) is 12.0 Å². The van der Waals surface area contributed by atoms with E-state index < -0.39 is 0 Å². The molecule has 2 aromatic rings. The van der Waals surface area contributed by atoms with E-state index in [1.54, 1.807) is 23.7 Å². The van der Waals surface area contributed by atoms with Crippen LogP contribution in [-0.4, -0.2) is 53.5 Å². The molecule has 7 heteroatoms. The molecule has 2 unspecified atom stereocenters. The first-order valence-electron chi connectivity index (χ1n) is 9.88. The largest absolute Gasteiger partial charge is 0.354 e. The van der Waals surface area contributed by atoms with Crippen LogP contribution in [0.5, 0.6) is 0 Å². The number of thiophene rings is 1. The Kier molecular flexibility index (Phi) is 5.99. The molecule has 2 aromatic heterocycles. The molecule has 4 rings (SSSR count). The van der Waals surface area contributed by atoms with Gasteiger partial charge in [-0.2, -0.15) is 0 Å². The number of nitrogens with zero attached hydrogens (tertiary/aromatic N) is 4. The second-order valence-corrected chi connectivity index (χ2v) is 8.33. The van der Waals surface area contributed by atoms with Crippen LogP contribution in [0.2, 0.25) is 0 Å². The molecule has 0 bridgehead atoms. The highest BCUT2D eigenvalue weighted by Crippen LogP contribution is 2.28.